The van der Waals surface area contributed by atoms with E-state index in [4.69, 9.17) is 9.47 Å². The minimum absolute atomic E-state index is 0.0184. The number of hydrogen-bond acceptors (Lipinski definition) is 2. The zero-order chi connectivity index (χ0) is 25.9. The Morgan fingerprint density at radius 1 is 0.892 bits per heavy atom. The molecule has 1 atom stereocenters. The first-order valence-electron chi connectivity index (χ1n) is 13.3. The summed E-state index contributed by atoms with van der Waals surface area (Å²) in [5.41, 5.74) is 4.22. The fourth-order valence-corrected chi connectivity index (χ4v) is 6.82. The van der Waals surface area contributed by atoms with Crippen molar-refractivity contribution in [1.82, 2.24) is 0 Å². The highest BCUT2D eigenvalue weighted by molar-refractivity contribution is 5.71. The molecule has 2 saturated carbocycles. The van der Waals surface area contributed by atoms with Crippen molar-refractivity contribution < 1.29 is 22.6 Å². The predicted octanol–water partition coefficient (Wildman–Crippen LogP) is 8.63. The molecule has 0 heterocycles. The van der Waals surface area contributed by atoms with Crippen LogP contribution < -0.4 is 9.47 Å². The highest BCUT2D eigenvalue weighted by Crippen LogP contribution is 2.59. The van der Waals surface area contributed by atoms with Gasteiger partial charge in [-0.05, 0) is 95.7 Å². The predicted molar refractivity (Wildman–Crippen MR) is 139 cm³/mol. The smallest absolute Gasteiger partial charge is 0.169 e. The Labute approximate surface area is 216 Å². The lowest BCUT2D eigenvalue weighted by Crippen LogP contribution is -2.17. The molecule has 1 spiro atoms. The van der Waals surface area contributed by atoms with Crippen molar-refractivity contribution in [2.24, 2.45) is 5.41 Å². The summed E-state index contributed by atoms with van der Waals surface area (Å²) in [7, 11) is 1.57. The number of ether oxygens (including phenoxy) is 2. The minimum atomic E-state index is -0.404. The molecule has 3 aliphatic carbocycles. The Kier molecular flexibility index (Phi) is 5.81. The average molecular weight is 507 g/mol. The van der Waals surface area contributed by atoms with Gasteiger partial charge >= 0.3 is 0 Å². The van der Waals surface area contributed by atoms with Gasteiger partial charge in [0.15, 0.2) is 11.6 Å². The zero-order valence-electron chi connectivity index (χ0n) is 21.7. The third-order valence-electron chi connectivity index (χ3n) is 9.13. The van der Waals surface area contributed by atoms with E-state index in [0.29, 0.717) is 28.9 Å². The van der Waals surface area contributed by atoms with Crippen molar-refractivity contribution in [2.45, 2.75) is 76.7 Å². The minimum Gasteiger partial charge on any atom is -0.497 e. The summed E-state index contributed by atoms with van der Waals surface area (Å²) in [6.07, 6.45) is 6.48. The fraction of sp³-hybridized carbons (Fsp3) is 0.438. The number of fused-ring (bicyclic) bond motifs is 2. The monoisotopic (exact) mass is 506 g/mol. The van der Waals surface area contributed by atoms with Crippen molar-refractivity contribution in [3.8, 4) is 22.6 Å². The maximum absolute atomic E-state index is 15.5. The summed E-state index contributed by atoms with van der Waals surface area (Å²) in [5.74, 6) is -0.243. The Balaban J connectivity index is 1.36. The SMILES string of the molecule is COc1ccc(F)c(-c2ccc(COc3cc(F)c4c(c3F)C3(CC4)CC3)cc2C2CCCC2(C)C)c1. The van der Waals surface area contributed by atoms with Crippen LogP contribution in [0, 0.1) is 22.9 Å². The van der Waals surface area contributed by atoms with Gasteiger partial charge in [-0.2, -0.15) is 0 Å². The first-order valence-corrected chi connectivity index (χ1v) is 13.3. The fourth-order valence-electron chi connectivity index (χ4n) is 6.82. The van der Waals surface area contributed by atoms with Crippen LogP contribution in [0.3, 0.4) is 0 Å². The lowest BCUT2D eigenvalue weighted by atomic mass is 9.75. The Morgan fingerprint density at radius 3 is 2.41 bits per heavy atom. The van der Waals surface area contributed by atoms with E-state index >= 15 is 8.78 Å². The normalized spacial score (nSPS) is 20.8. The highest BCUT2D eigenvalue weighted by atomic mass is 19.1. The van der Waals surface area contributed by atoms with Gasteiger partial charge < -0.3 is 9.47 Å². The molecule has 0 aromatic heterocycles. The van der Waals surface area contributed by atoms with E-state index in [0.717, 1.165) is 55.2 Å². The largest absolute Gasteiger partial charge is 0.497 e. The third kappa shape index (κ3) is 4.11. The van der Waals surface area contributed by atoms with Gasteiger partial charge in [-0.25, -0.2) is 13.2 Å². The number of halogens is 3. The molecule has 0 aliphatic heterocycles. The first-order chi connectivity index (χ1) is 17.7. The zero-order valence-corrected chi connectivity index (χ0v) is 21.7. The van der Waals surface area contributed by atoms with E-state index < -0.39 is 5.82 Å². The lowest BCUT2D eigenvalue weighted by molar-refractivity contribution is 0.286. The molecule has 5 heteroatoms. The van der Waals surface area contributed by atoms with Crippen LogP contribution in [0.5, 0.6) is 11.5 Å². The molecule has 0 amide bonds. The molecular weight excluding hydrogens is 473 g/mol. The topological polar surface area (TPSA) is 18.5 Å². The van der Waals surface area contributed by atoms with E-state index in [2.05, 4.69) is 19.9 Å². The molecule has 194 valence electrons. The van der Waals surface area contributed by atoms with Crippen LogP contribution in [0.2, 0.25) is 0 Å². The molecule has 0 saturated heterocycles. The lowest BCUT2D eigenvalue weighted by Gasteiger charge is -2.30. The summed E-state index contributed by atoms with van der Waals surface area (Å²) in [4.78, 5) is 0. The number of methoxy groups -OCH3 is 1. The van der Waals surface area contributed by atoms with Gasteiger partial charge in [0.1, 0.15) is 24.0 Å². The van der Waals surface area contributed by atoms with Crippen LogP contribution in [0.4, 0.5) is 13.2 Å². The molecule has 0 radical (unpaired) electrons. The van der Waals surface area contributed by atoms with E-state index in [1.807, 2.05) is 12.1 Å². The molecule has 37 heavy (non-hydrogen) atoms. The molecule has 0 bridgehead atoms. The van der Waals surface area contributed by atoms with Crippen molar-refractivity contribution in [3.05, 3.63) is 82.2 Å². The molecule has 3 aromatic rings. The summed E-state index contributed by atoms with van der Waals surface area (Å²) in [6.45, 7) is 4.63. The molecule has 1 unspecified atom stereocenters. The van der Waals surface area contributed by atoms with Gasteiger partial charge in [0.05, 0.1) is 7.11 Å². The van der Waals surface area contributed by atoms with Gasteiger partial charge in [-0.15, -0.1) is 0 Å². The van der Waals surface area contributed by atoms with Crippen LogP contribution in [0.1, 0.15) is 80.5 Å². The van der Waals surface area contributed by atoms with E-state index in [1.165, 1.54) is 12.1 Å². The second kappa shape index (κ2) is 8.82. The standard InChI is InChI=1S/C32H33F3O2/c1-31(2)11-4-5-25(31)23-15-19(6-8-21(23)24-16-20(36-3)7-9-26(24)33)18-37-28-17-27(34)22-10-12-32(13-14-32)29(22)30(28)35/h6-9,15-17,25H,4-5,10-14,18H2,1-3H3. The molecule has 6 rings (SSSR count). The Morgan fingerprint density at radius 2 is 1.70 bits per heavy atom. The summed E-state index contributed by atoms with van der Waals surface area (Å²) in [5, 5.41) is 0. The summed E-state index contributed by atoms with van der Waals surface area (Å²) >= 11 is 0. The molecular formula is C32H33F3O2. The van der Waals surface area contributed by atoms with E-state index in [1.54, 1.807) is 19.2 Å². The molecule has 0 N–H and O–H groups in total. The van der Waals surface area contributed by atoms with Gasteiger partial charge in [0.2, 0.25) is 0 Å². The molecule has 3 aromatic carbocycles. The quantitative estimate of drug-likeness (QED) is 0.333. The van der Waals surface area contributed by atoms with Crippen LogP contribution in [0.15, 0.2) is 42.5 Å². The van der Waals surface area contributed by atoms with Gasteiger partial charge in [-0.3, -0.25) is 0 Å². The average Bonchev–Trinajstić information content (AvgIpc) is 3.42. The van der Waals surface area contributed by atoms with Crippen LogP contribution in [-0.2, 0) is 18.4 Å². The summed E-state index contributed by atoms with van der Waals surface area (Å²) in [6, 6.07) is 11.9. The highest BCUT2D eigenvalue weighted by Gasteiger charge is 2.51. The van der Waals surface area contributed by atoms with Crippen LogP contribution >= 0.6 is 0 Å². The van der Waals surface area contributed by atoms with Crippen molar-refractivity contribution >= 4 is 0 Å². The number of hydrogen-bond donors (Lipinski definition) is 0. The number of rotatable bonds is 6. The summed E-state index contributed by atoms with van der Waals surface area (Å²) < 4.78 is 56.6. The maximum Gasteiger partial charge on any atom is 0.169 e. The maximum atomic E-state index is 15.5. The number of benzene rings is 3. The van der Waals surface area contributed by atoms with Crippen molar-refractivity contribution in [3.63, 3.8) is 0 Å². The molecule has 2 nitrogen and oxygen atoms in total. The van der Waals surface area contributed by atoms with Gasteiger partial charge in [-0.1, -0.05) is 38.5 Å². The molecule has 2 fully saturated rings. The van der Waals surface area contributed by atoms with Crippen LogP contribution in [0.25, 0.3) is 11.1 Å². The second-order valence-corrected chi connectivity index (χ2v) is 11.8. The Hall–Kier alpha value is -2.95. The molecule has 3 aliphatic rings. The van der Waals surface area contributed by atoms with Gasteiger partial charge in [0, 0.05) is 17.2 Å². The van der Waals surface area contributed by atoms with Crippen molar-refractivity contribution in [1.29, 1.82) is 0 Å². The second-order valence-electron chi connectivity index (χ2n) is 11.8. The first kappa shape index (κ1) is 24.4. The van der Waals surface area contributed by atoms with E-state index in [9.17, 15) is 4.39 Å². The van der Waals surface area contributed by atoms with Gasteiger partial charge in [0.25, 0.3) is 0 Å². The Bertz CT molecular complexity index is 1370. The van der Waals surface area contributed by atoms with Crippen LogP contribution in [-0.4, -0.2) is 7.11 Å². The van der Waals surface area contributed by atoms with Crippen molar-refractivity contribution in [2.75, 3.05) is 7.11 Å². The third-order valence-corrected chi connectivity index (χ3v) is 9.13. The van der Waals surface area contributed by atoms with E-state index in [-0.39, 0.29) is 40.7 Å².